The summed E-state index contributed by atoms with van der Waals surface area (Å²) in [4.78, 5) is 2.11. The fourth-order valence-corrected chi connectivity index (χ4v) is 3.17. The number of benzene rings is 2. The molecular formula is C19H23NS2. The van der Waals surface area contributed by atoms with Crippen LogP contribution < -0.4 is 4.90 Å². The molecule has 0 spiro atoms. The van der Waals surface area contributed by atoms with Gasteiger partial charge in [0.1, 0.15) is 4.32 Å². The van der Waals surface area contributed by atoms with Crippen molar-refractivity contribution < 1.29 is 0 Å². The molecule has 0 heterocycles. The number of nitrogens with zero attached hydrogens (tertiary/aromatic N) is 1. The molecule has 0 aromatic heterocycles. The summed E-state index contributed by atoms with van der Waals surface area (Å²) in [6.07, 6.45) is 4.31. The molecule has 0 amide bonds. The standard InChI is InChI=1S/C19H23NS2/c1-3-9-15-11-5-7-13-17(15)20(19(21)22)18-14-8-6-12-16(18)10-4-2/h5-8,11-14H,3-4,9-10H2,1-2H3,(H,21,22). The molecule has 0 aliphatic carbocycles. The Balaban J connectivity index is 2.55. The lowest BCUT2D eigenvalue weighted by molar-refractivity contribution is 0.912. The summed E-state index contributed by atoms with van der Waals surface area (Å²) < 4.78 is 0.590. The van der Waals surface area contributed by atoms with E-state index in [1.165, 1.54) is 11.1 Å². The summed E-state index contributed by atoms with van der Waals surface area (Å²) in [5.74, 6) is 0. The third kappa shape index (κ3) is 3.90. The highest BCUT2D eigenvalue weighted by molar-refractivity contribution is 8.11. The van der Waals surface area contributed by atoms with E-state index in [1.807, 2.05) is 0 Å². The van der Waals surface area contributed by atoms with Crippen molar-refractivity contribution in [2.24, 2.45) is 0 Å². The van der Waals surface area contributed by atoms with Gasteiger partial charge in [-0.25, -0.2) is 0 Å². The molecule has 3 heteroatoms. The molecule has 0 aliphatic heterocycles. The fraction of sp³-hybridized carbons (Fsp3) is 0.316. The Labute approximate surface area is 144 Å². The lowest BCUT2D eigenvalue weighted by atomic mass is 10.0. The van der Waals surface area contributed by atoms with Gasteiger partial charge in [-0.2, -0.15) is 0 Å². The highest BCUT2D eigenvalue weighted by Crippen LogP contribution is 2.33. The van der Waals surface area contributed by atoms with Gasteiger partial charge in [0.2, 0.25) is 0 Å². The van der Waals surface area contributed by atoms with Crippen LogP contribution in [0, 0.1) is 0 Å². The molecule has 0 atom stereocenters. The topological polar surface area (TPSA) is 3.24 Å². The smallest absolute Gasteiger partial charge is 0.142 e. The molecular weight excluding hydrogens is 306 g/mol. The molecule has 2 aromatic rings. The highest BCUT2D eigenvalue weighted by atomic mass is 32.1. The van der Waals surface area contributed by atoms with Crippen LogP contribution in [0.15, 0.2) is 48.5 Å². The predicted octanol–water partition coefficient (Wildman–Crippen LogP) is 5.94. The van der Waals surface area contributed by atoms with Gasteiger partial charge in [-0.1, -0.05) is 75.3 Å². The summed E-state index contributed by atoms with van der Waals surface area (Å²) in [6.45, 7) is 4.40. The average molecular weight is 330 g/mol. The second kappa shape index (κ2) is 8.35. The van der Waals surface area contributed by atoms with E-state index in [0.29, 0.717) is 4.32 Å². The molecule has 1 nitrogen and oxygen atoms in total. The summed E-state index contributed by atoms with van der Waals surface area (Å²) in [5.41, 5.74) is 4.92. The van der Waals surface area contributed by atoms with Crippen molar-refractivity contribution >= 4 is 40.5 Å². The number of anilines is 2. The lowest BCUT2D eigenvalue weighted by Crippen LogP contribution is -2.22. The van der Waals surface area contributed by atoms with E-state index >= 15 is 0 Å². The molecule has 0 saturated carbocycles. The van der Waals surface area contributed by atoms with Crippen LogP contribution in [0.3, 0.4) is 0 Å². The molecule has 116 valence electrons. The van der Waals surface area contributed by atoms with Crippen LogP contribution in [0.5, 0.6) is 0 Å². The Kier molecular flexibility index (Phi) is 6.47. The number of hydrogen-bond donors (Lipinski definition) is 1. The van der Waals surface area contributed by atoms with Crippen molar-refractivity contribution in [3.63, 3.8) is 0 Å². The van der Waals surface area contributed by atoms with E-state index < -0.39 is 0 Å². The summed E-state index contributed by atoms with van der Waals surface area (Å²) in [6, 6.07) is 16.9. The van der Waals surface area contributed by atoms with Crippen LogP contribution in [0.2, 0.25) is 0 Å². The molecule has 0 N–H and O–H groups in total. The van der Waals surface area contributed by atoms with E-state index in [0.717, 1.165) is 37.1 Å². The Bertz CT molecular complexity index is 587. The van der Waals surface area contributed by atoms with Crippen molar-refractivity contribution in [3.05, 3.63) is 59.7 Å². The molecule has 2 rings (SSSR count). The van der Waals surface area contributed by atoms with Crippen LogP contribution in [0.1, 0.15) is 37.8 Å². The molecule has 0 aliphatic rings. The van der Waals surface area contributed by atoms with Crippen LogP contribution in [-0.2, 0) is 12.8 Å². The van der Waals surface area contributed by atoms with E-state index in [1.54, 1.807) is 0 Å². The number of thiol groups is 1. The molecule has 0 bridgehead atoms. The van der Waals surface area contributed by atoms with Crippen molar-refractivity contribution in [3.8, 4) is 0 Å². The van der Waals surface area contributed by atoms with Crippen molar-refractivity contribution in [2.75, 3.05) is 4.90 Å². The maximum absolute atomic E-state index is 5.46. The van der Waals surface area contributed by atoms with E-state index in [-0.39, 0.29) is 0 Å². The number of para-hydroxylation sites is 2. The van der Waals surface area contributed by atoms with Gasteiger partial charge < -0.3 is 0 Å². The number of hydrogen-bond acceptors (Lipinski definition) is 1. The van der Waals surface area contributed by atoms with Crippen LogP contribution in [0.4, 0.5) is 11.4 Å². The molecule has 2 aromatic carbocycles. The number of thiocarbonyl (C=S) groups is 1. The zero-order chi connectivity index (χ0) is 15.9. The average Bonchev–Trinajstić information content (AvgIpc) is 2.51. The first kappa shape index (κ1) is 17.0. The van der Waals surface area contributed by atoms with Crippen LogP contribution in [0.25, 0.3) is 0 Å². The Morgan fingerprint density at radius 1 is 0.864 bits per heavy atom. The molecule has 0 fully saturated rings. The highest BCUT2D eigenvalue weighted by Gasteiger charge is 2.17. The van der Waals surface area contributed by atoms with Gasteiger partial charge in [-0.15, -0.1) is 12.6 Å². The van der Waals surface area contributed by atoms with E-state index in [4.69, 9.17) is 12.2 Å². The third-order valence-corrected chi connectivity index (χ3v) is 4.08. The van der Waals surface area contributed by atoms with Gasteiger partial charge >= 0.3 is 0 Å². The Morgan fingerprint density at radius 3 is 1.64 bits per heavy atom. The van der Waals surface area contributed by atoms with Gasteiger partial charge in [0.05, 0.1) is 11.4 Å². The molecule has 0 saturated heterocycles. The number of rotatable bonds is 6. The summed E-state index contributed by atoms with van der Waals surface area (Å²) >= 11 is 9.96. The molecule has 0 radical (unpaired) electrons. The number of aryl methyl sites for hydroxylation is 2. The minimum Gasteiger partial charge on any atom is -0.296 e. The zero-order valence-electron chi connectivity index (χ0n) is 13.2. The monoisotopic (exact) mass is 329 g/mol. The summed E-state index contributed by atoms with van der Waals surface area (Å²) in [5, 5.41) is 0. The van der Waals surface area contributed by atoms with Crippen molar-refractivity contribution in [2.45, 2.75) is 39.5 Å². The van der Waals surface area contributed by atoms with Crippen LogP contribution >= 0.6 is 24.8 Å². The van der Waals surface area contributed by atoms with Gasteiger partial charge in [0.15, 0.2) is 0 Å². The molecule has 0 unspecified atom stereocenters. The minimum atomic E-state index is 0.590. The maximum atomic E-state index is 5.46. The second-order valence-corrected chi connectivity index (χ2v) is 6.49. The maximum Gasteiger partial charge on any atom is 0.142 e. The van der Waals surface area contributed by atoms with Gasteiger partial charge in [-0.05, 0) is 36.1 Å². The predicted molar refractivity (Wildman–Crippen MR) is 105 cm³/mol. The first-order chi connectivity index (χ1) is 10.7. The normalized spacial score (nSPS) is 10.5. The zero-order valence-corrected chi connectivity index (χ0v) is 15.0. The van der Waals surface area contributed by atoms with E-state index in [9.17, 15) is 0 Å². The Hall–Kier alpha value is -1.32. The van der Waals surface area contributed by atoms with Crippen molar-refractivity contribution in [1.29, 1.82) is 0 Å². The third-order valence-electron chi connectivity index (χ3n) is 3.70. The Morgan fingerprint density at radius 2 is 1.27 bits per heavy atom. The fourth-order valence-electron chi connectivity index (χ4n) is 2.76. The quantitative estimate of drug-likeness (QED) is 0.515. The van der Waals surface area contributed by atoms with Gasteiger partial charge in [0, 0.05) is 0 Å². The SMILES string of the molecule is CCCc1ccccc1N(C(=S)S)c1ccccc1CCC. The first-order valence-electron chi connectivity index (χ1n) is 7.87. The van der Waals surface area contributed by atoms with Crippen LogP contribution in [-0.4, -0.2) is 4.32 Å². The second-order valence-electron chi connectivity index (χ2n) is 5.38. The van der Waals surface area contributed by atoms with Gasteiger partial charge in [0.25, 0.3) is 0 Å². The first-order valence-corrected chi connectivity index (χ1v) is 8.73. The van der Waals surface area contributed by atoms with Crippen molar-refractivity contribution in [1.82, 2.24) is 0 Å². The van der Waals surface area contributed by atoms with Gasteiger partial charge in [-0.3, -0.25) is 4.90 Å². The largest absolute Gasteiger partial charge is 0.296 e. The lowest BCUT2D eigenvalue weighted by Gasteiger charge is -2.27. The summed E-state index contributed by atoms with van der Waals surface area (Å²) in [7, 11) is 0. The molecule has 22 heavy (non-hydrogen) atoms. The van der Waals surface area contributed by atoms with E-state index in [2.05, 4.69) is 79.9 Å². The minimum absolute atomic E-state index is 0.590.